The minimum absolute atomic E-state index is 0.135. The van der Waals surface area contributed by atoms with Crippen molar-refractivity contribution in [3.63, 3.8) is 0 Å². The Hall–Kier alpha value is -3.15. The number of carbonyl (C=O) groups is 1. The zero-order valence-corrected chi connectivity index (χ0v) is 26.2. The quantitative estimate of drug-likeness (QED) is 0.408. The normalized spacial score (nSPS) is 12.7. The van der Waals surface area contributed by atoms with E-state index in [0.717, 1.165) is 43.4 Å². The van der Waals surface area contributed by atoms with Crippen LogP contribution >= 0.6 is 0 Å². The highest BCUT2D eigenvalue weighted by Crippen LogP contribution is 2.16. The molecular formula is C32H55N5O. The minimum atomic E-state index is 0.135. The zero-order chi connectivity index (χ0) is 29.3. The van der Waals surface area contributed by atoms with Gasteiger partial charge in [0.15, 0.2) is 0 Å². The second-order valence-electron chi connectivity index (χ2n) is 7.50. The number of para-hydroxylation sites is 1. The molecular weight excluding hydrogens is 470 g/mol. The Balaban J connectivity index is 0. The number of amidine groups is 2. The number of likely N-dealkylation sites (N-methyl/N-ethyl adjacent to an activating group) is 1. The Morgan fingerprint density at radius 2 is 1.21 bits per heavy atom. The fraction of sp³-hybridized carbons (Fsp3) is 0.531. The first-order valence-corrected chi connectivity index (χ1v) is 14.4. The molecule has 6 heteroatoms. The van der Waals surface area contributed by atoms with E-state index < -0.39 is 0 Å². The molecule has 0 fully saturated rings. The molecule has 0 aliphatic carbocycles. The molecule has 1 amide bonds. The lowest BCUT2D eigenvalue weighted by Crippen LogP contribution is -2.39. The number of rotatable bonds is 5. The van der Waals surface area contributed by atoms with Crippen molar-refractivity contribution in [2.45, 2.75) is 75.8 Å². The first-order valence-electron chi connectivity index (χ1n) is 14.4. The van der Waals surface area contributed by atoms with Crippen LogP contribution < -0.4 is 4.90 Å². The summed E-state index contributed by atoms with van der Waals surface area (Å²) in [6.45, 7) is 24.7. The minimum Gasteiger partial charge on any atom is -0.349 e. The van der Waals surface area contributed by atoms with E-state index >= 15 is 0 Å². The molecule has 2 aromatic carbocycles. The van der Waals surface area contributed by atoms with Gasteiger partial charge in [-0.25, -0.2) is 0 Å². The lowest BCUT2D eigenvalue weighted by Gasteiger charge is -2.22. The largest absolute Gasteiger partial charge is 0.349 e. The first-order chi connectivity index (χ1) is 18.5. The highest BCUT2D eigenvalue weighted by Gasteiger charge is 2.18. The van der Waals surface area contributed by atoms with Gasteiger partial charge in [0.1, 0.15) is 5.84 Å². The van der Waals surface area contributed by atoms with E-state index in [1.165, 1.54) is 5.69 Å². The molecule has 2 aromatic rings. The maximum Gasteiger partial charge on any atom is 0.242 e. The van der Waals surface area contributed by atoms with Crippen LogP contribution in [0.25, 0.3) is 0 Å². The molecule has 2 aliphatic rings. The topological polar surface area (TPSA) is 51.5 Å². The Kier molecular flexibility index (Phi) is 23.6. The van der Waals surface area contributed by atoms with Crippen LogP contribution in [0.4, 0.5) is 5.69 Å². The highest BCUT2D eigenvalue weighted by molar-refractivity contribution is 5.97. The van der Waals surface area contributed by atoms with Crippen molar-refractivity contribution in [3.05, 3.63) is 66.2 Å². The molecule has 0 saturated heterocycles. The Bertz CT molecular complexity index is 881. The van der Waals surface area contributed by atoms with E-state index in [4.69, 9.17) is 0 Å². The molecule has 0 radical (unpaired) electrons. The standard InChI is InChI=1S/C14H19N3O.C10H12N2.4C2H6/c1-12-15-8-9-17(12)11-14(18)16(2)10-13-6-4-3-5-7-13;1-9-11-7-8-12(9)10-5-3-2-4-6-10;4*1-2/h3-7H,8-11H2,1-2H3;2-6H,7-8H2,1H3;4*1-2H3. The van der Waals surface area contributed by atoms with Crippen LogP contribution in [-0.4, -0.2) is 67.1 Å². The van der Waals surface area contributed by atoms with Gasteiger partial charge >= 0.3 is 0 Å². The summed E-state index contributed by atoms with van der Waals surface area (Å²) in [5, 5.41) is 0. The van der Waals surface area contributed by atoms with E-state index in [1.807, 2.05) is 111 Å². The Labute approximate surface area is 234 Å². The van der Waals surface area contributed by atoms with E-state index in [0.29, 0.717) is 13.1 Å². The number of aliphatic imine (C=N–C) groups is 2. The number of hydrogen-bond acceptors (Lipinski definition) is 5. The lowest BCUT2D eigenvalue weighted by atomic mass is 10.2. The average Bonchev–Trinajstić information content (AvgIpc) is 3.61. The van der Waals surface area contributed by atoms with Crippen LogP contribution in [-0.2, 0) is 11.3 Å². The van der Waals surface area contributed by atoms with Gasteiger partial charge in [-0.2, -0.15) is 0 Å². The van der Waals surface area contributed by atoms with Crippen molar-refractivity contribution >= 4 is 23.3 Å². The van der Waals surface area contributed by atoms with Gasteiger partial charge in [-0.3, -0.25) is 14.8 Å². The van der Waals surface area contributed by atoms with E-state index in [9.17, 15) is 4.79 Å². The fourth-order valence-electron chi connectivity index (χ4n) is 3.50. The van der Waals surface area contributed by atoms with Crippen molar-refractivity contribution < 1.29 is 4.79 Å². The van der Waals surface area contributed by atoms with Crippen LogP contribution in [0.1, 0.15) is 74.8 Å². The summed E-state index contributed by atoms with van der Waals surface area (Å²) >= 11 is 0. The molecule has 214 valence electrons. The second kappa shape index (κ2) is 24.2. The predicted molar refractivity (Wildman–Crippen MR) is 170 cm³/mol. The third kappa shape index (κ3) is 14.0. The highest BCUT2D eigenvalue weighted by atomic mass is 16.2. The molecule has 2 heterocycles. The molecule has 2 aliphatic heterocycles. The number of anilines is 1. The van der Waals surface area contributed by atoms with E-state index in [2.05, 4.69) is 46.1 Å². The van der Waals surface area contributed by atoms with E-state index in [1.54, 1.807) is 4.90 Å². The predicted octanol–water partition coefficient (Wildman–Crippen LogP) is 7.41. The van der Waals surface area contributed by atoms with Gasteiger partial charge in [0.05, 0.1) is 25.5 Å². The Morgan fingerprint density at radius 3 is 1.66 bits per heavy atom. The number of carbonyl (C=O) groups excluding carboxylic acids is 1. The molecule has 0 saturated carbocycles. The van der Waals surface area contributed by atoms with Crippen LogP contribution in [0.5, 0.6) is 0 Å². The molecule has 4 rings (SSSR count). The Morgan fingerprint density at radius 1 is 0.737 bits per heavy atom. The summed E-state index contributed by atoms with van der Waals surface area (Å²) in [4.78, 5) is 26.7. The summed E-state index contributed by atoms with van der Waals surface area (Å²) in [5.41, 5.74) is 2.40. The summed E-state index contributed by atoms with van der Waals surface area (Å²) in [6, 6.07) is 20.4. The molecule has 38 heavy (non-hydrogen) atoms. The van der Waals surface area contributed by atoms with Gasteiger partial charge in [-0.1, -0.05) is 104 Å². The van der Waals surface area contributed by atoms with Gasteiger partial charge in [0.25, 0.3) is 0 Å². The van der Waals surface area contributed by atoms with Gasteiger partial charge in [0, 0.05) is 32.4 Å². The van der Waals surface area contributed by atoms with Crippen LogP contribution in [0, 0.1) is 0 Å². The summed E-state index contributed by atoms with van der Waals surface area (Å²) in [7, 11) is 1.85. The third-order valence-corrected chi connectivity index (χ3v) is 5.31. The summed E-state index contributed by atoms with van der Waals surface area (Å²) in [6.07, 6.45) is 0. The van der Waals surface area contributed by atoms with Gasteiger partial charge in [-0.15, -0.1) is 0 Å². The maximum absolute atomic E-state index is 12.1. The maximum atomic E-state index is 12.1. The smallest absolute Gasteiger partial charge is 0.242 e. The SMILES string of the molecule is CC.CC.CC.CC.CC1=NCCN1CC(=O)N(C)Cc1ccccc1.CC1=NCCN1c1ccccc1. The van der Waals surface area contributed by atoms with E-state index in [-0.39, 0.29) is 5.91 Å². The molecule has 0 unspecified atom stereocenters. The third-order valence-electron chi connectivity index (χ3n) is 5.31. The molecule has 0 aromatic heterocycles. The van der Waals surface area contributed by atoms with Gasteiger partial charge in [0.2, 0.25) is 5.91 Å². The van der Waals surface area contributed by atoms with Crippen molar-refractivity contribution in [2.24, 2.45) is 9.98 Å². The van der Waals surface area contributed by atoms with Crippen LogP contribution in [0.2, 0.25) is 0 Å². The van der Waals surface area contributed by atoms with Crippen LogP contribution in [0.15, 0.2) is 70.6 Å². The molecule has 0 atom stereocenters. The van der Waals surface area contributed by atoms with Crippen LogP contribution in [0.3, 0.4) is 0 Å². The van der Waals surface area contributed by atoms with Crippen molar-refractivity contribution in [2.75, 3.05) is 44.7 Å². The monoisotopic (exact) mass is 525 g/mol. The van der Waals surface area contributed by atoms with Crippen molar-refractivity contribution in [3.8, 4) is 0 Å². The van der Waals surface area contributed by atoms with Crippen molar-refractivity contribution in [1.29, 1.82) is 0 Å². The molecule has 0 N–H and O–H groups in total. The average molecular weight is 526 g/mol. The second-order valence-corrected chi connectivity index (χ2v) is 7.50. The number of nitrogens with zero attached hydrogens (tertiary/aromatic N) is 5. The molecule has 0 bridgehead atoms. The number of benzene rings is 2. The molecule has 0 spiro atoms. The summed E-state index contributed by atoms with van der Waals surface area (Å²) in [5.74, 6) is 2.23. The number of amides is 1. The number of hydrogen-bond donors (Lipinski definition) is 0. The van der Waals surface area contributed by atoms with Gasteiger partial charge < -0.3 is 14.7 Å². The molecule has 6 nitrogen and oxygen atoms in total. The zero-order valence-electron chi connectivity index (χ0n) is 26.2. The van der Waals surface area contributed by atoms with Gasteiger partial charge in [-0.05, 0) is 31.5 Å². The lowest BCUT2D eigenvalue weighted by molar-refractivity contribution is -0.130. The first kappa shape index (κ1) is 37.0. The summed E-state index contributed by atoms with van der Waals surface area (Å²) < 4.78 is 0. The fourth-order valence-corrected chi connectivity index (χ4v) is 3.50. The van der Waals surface area contributed by atoms with Crippen molar-refractivity contribution in [1.82, 2.24) is 9.80 Å².